The highest BCUT2D eigenvalue weighted by Gasteiger charge is 2.48. The number of piperidine rings is 2. The number of rotatable bonds is 1. The third-order valence-corrected chi connectivity index (χ3v) is 4.16. The summed E-state index contributed by atoms with van der Waals surface area (Å²) in [5.41, 5.74) is 0. The number of hydrogen-bond donors (Lipinski definition) is 1. The Morgan fingerprint density at radius 2 is 1.56 bits per heavy atom. The van der Waals surface area contributed by atoms with Gasteiger partial charge >= 0.3 is 0 Å². The van der Waals surface area contributed by atoms with E-state index in [-0.39, 0.29) is 0 Å². The van der Waals surface area contributed by atoms with E-state index in [1.54, 1.807) is 13.8 Å². The first-order valence-electron chi connectivity index (χ1n) is 6.34. The minimum absolute atomic E-state index is 0.508. The van der Waals surface area contributed by atoms with Gasteiger partial charge in [-0.05, 0) is 25.9 Å². The minimum Gasteiger partial charge on any atom is -0.317 e. The smallest absolute Gasteiger partial charge is 0.255 e. The third-order valence-electron chi connectivity index (χ3n) is 4.16. The van der Waals surface area contributed by atoms with Gasteiger partial charge in [0.05, 0.1) is 0 Å². The largest absolute Gasteiger partial charge is 0.317 e. The van der Waals surface area contributed by atoms with E-state index in [0.717, 1.165) is 25.9 Å². The zero-order valence-corrected chi connectivity index (χ0v) is 10.2. The van der Waals surface area contributed by atoms with Gasteiger partial charge in [0.15, 0.2) is 0 Å². The monoisotopic (exact) mass is 232 g/mol. The Kier molecular flexibility index (Phi) is 3.50. The van der Waals surface area contributed by atoms with Crippen molar-refractivity contribution in [2.75, 3.05) is 26.2 Å². The van der Waals surface area contributed by atoms with Crippen LogP contribution in [0.4, 0.5) is 8.78 Å². The molecule has 1 N–H and O–H groups in total. The molecule has 2 atom stereocenters. The van der Waals surface area contributed by atoms with Gasteiger partial charge in [0, 0.05) is 31.0 Å². The Labute approximate surface area is 96.4 Å². The van der Waals surface area contributed by atoms with Gasteiger partial charge in [0.2, 0.25) is 0 Å². The predicted octanol–water partition coefficient (Wildman–Crippen LogP) is 1.96. The van der Waals surface area contributed by atoms with Gasteiger partial charge in [-0.1, -0.05) is 13.8 Å². The van der Waals surface area contributed by atoms with Crippen molar-refractivity contribution in [1.82, 2.24) is 10.2 Å². The predicted molar refractivity (Wildman–Crippen MR) is 60.7 cm³/mol. The van der Waals surface area contributed by atoms with Gasteiger partial charge in [-0.25, -0.2) is 8.78 Å². The summed E-state index contributed by atoms with van der Waals surface area (Å²) in [4.78, 5) is 2.29. The van der Waals surface area contributed by atoms with Gasteiger partial charge in [0.25, 0.3) is 5.92 Å². The second-order valence-electron chi connectivity index (χ2n) is 5.41. The lowest BCUT2D eigenvalue weighted by Gasteiger charge is -2.45. The van der Waals surface area contributed by atoms with Crippen LogP contribution in [-0.2, 0) is 0 Å². The molecule has 2 rings (SSSR count). The Balaban J connectivity index is 1.98. The van der Waals surface area contributed by atoms with Crippen LogP contribution in [-0.4, -0.2) is 43.0 Å². The fourth-order valence-electron chi connectivity index (χ4n) is 2.98. The second-order valence-corrected chi connectivity index (χ2v) is 5.41. The van der Waals surface area contributed by atoms with Crippen LogP contribution in [0.15, 0.2) is 0 Å². The molecule has 94 valence electrons. The average Bonchev–Trinajstić information content (AvgIpc) is 2.27. The molecule has 2 aliphatic heterocycles. The lowest BCUT2D eigenvalue weighted by molar-refractivity contribution is -0.146. The van der Waals surface area contributed by atoms with Crippen molar-refractivity contribution in [3.63, 3.8) is 0 Å². The van der Waals surface area contributed by atoms with Crippen LogP contribution in [0.25, 0.3) is 0 Å². The fraction of sp³-hybridized carbons (Fsp3) is 1.00. The molecule has 2 saturated heterocycles. The fourth-order valence-corrected chi connectivity index (χ4v) is 2.98. The number of alkyl halides is 2. The molecular formula is C12H22F2N2. The van der Waals surface area contributed by atoms with Gasteiger partial charge in [-0.3, -0.25) is 4.90 Å². The van der Waals surface area contributed by atoms with E-state index in [9.17, 15) is 8.78 Å². The van der Waals surface area contributed by atoms with E-state index in [1.165, 1.54) is 0 Å². The molecular weight excluding hydrogens is 210 g/mol. The molecule has 2 heterocycles. The quantitative estimate of drug-likeness (QED) is 0.743. The van der Waals surface area contributed by atoms with E-state index in [1.807, 2.05) is 0 Å². The maximum atomic E-state index is 13.7. The normalized spacial score (nSPS) is 37.5. The van der Waals surface area contributed by atoms with Crippen LogP contribution in [0.2, 0.25) is 0 Å². The molecule has 2 unspecified atom stereocenters. The number of nitrogens with zero attached hydrogens (tertiary/aromatic N) is 1. The molecule has 0 aliphatic carbocycles. The average molecular weight is 232 g/mol. The molecule has 2 aliphatic rings. The van der Waals surface area contributed by atoms with Gasteiger partial charge in [-0.15, -0.1) is 0 Å². The van der Waals surface area contributed by atoms with Gasteiger partial charge < -0.3 is 5.32 Å². The zero-order chi connectivity index (χ0) is 11.8. The Morgan fingerprint density at radius 3 is 2.06 bits per heavy atom. The van der Waals surface area contributed by atoms with Crippen molar-refractivity contribution in [3.05, 3.63) is 0 Å². The summed E-state index contributed by atoms with van der Waals surface area (Å²) in [5.74, 6) is -3.50. The number of nitrogens with one attached hydrogen (secondary N) is 1. The van der Waals surface area contributed by atoms with Crippen LogP contribution < -0.4 is 5.32 Å². The first kappa shape index (κ1) is 12.2. The topological polar surface area (TPSA) is 15.3 Å². The molecule has 16 heavy (non-hydrogen) atoms. The molecule has 0 bridgehead atoms. The lowest BCUT2D eigenvalue weighted by Crippen LogP contribution is -2.56. The van der Waals surface area contributed by atoms with Gasteiger partial charge in [-0.2, -0.15) is 0 Å². The highest BCUT2D eigenvalue weighted by atomic mass is 19.3. The molecule has 0 saturated carbocycles. The zero-order valence-electron chi connectivity index (χ0n) is 10.2. The van der Waals surface area contributed by atoms with Gasteiger partial charge in [0.1, 0.15) is 0 Å². The first-order chi connectivity index (χ1) is 7.51. The van der Waals surface area contributed by atoms with Crippen LogP contribution in [0, 0.1) is 11.8 Å². The highest BCUT2D eigenvalue weighted by molar-refractivity contribution is 4.92. The summed E-state index contributed by atoms with van der Waals surface area (Å²) >= 11 is 0. The van der Waals surface area contributed by atoms with Crippen molar-refractivity contribution in [3.8, 4) is 0 Å². The molecule has 4 heteroatoms. The van der Waals surface area contributed by atoms with E-state index in [4.69, 9.17) is 0 Å². The summed E-state index contributed by atoms with van der Waals surface area (Å²) in [5, 5.41) is 3.32. The van der Waals surface area contributed by atoms with Crippen molar-refractivity contribution in [2.45, 2.75) is 38.7 Å². The maximum Gasteiger partial charge on any atom is 0.255 e. The second kappa shape index (κ2) is 4.57. The number of likely N-dealkylation sites (tertiary alicyclic amines) is 1. The van der Waals surface area contributed by atoms with E-state index in [0.29, 0.717) is 19.1 Å². The van der Waals surface area contributed by atoms with Crippen LogP contribution in [0.5, 0.6) is 0 Å². The Hall–Kier alpha value is -0.220. The van der Waals surface area contributed by atoms with Crippen molar-refractivity contribution in [1.29, 1.82) is 0 Å². The Bertz CT molecular complexity index is 225. The van der Waals surface area contributed by atoms with E-state index in [2.05, 4.69) is 10.2 Å². The molecule has 0 aromatic heterocycles. The molecule has 0 radical (unpaired) electrons. The standard InChI is InChI=1S/C12H22F2N2/c1-9-7-16(8-10(2)12(9,13)14)11-3-5-15-6-4-11/h9-11,15H,3-8H2,1-2H3. The number of halogens is 2. The van der Waals surface area contributed by atoms with Crippen molar-refractivity contribution >= 4 is 0 Å². The summed E-state index contributed by atoms with van der Waals surface area (Å²) in [6.45, 7) is 6.54. The molecule has 0 spiro atoms. The first-order valence-corrected chi connectivity index (χ1v) is 6.34. The third kappa shape index (κ3) is 2.23. The lowest BCUT2D eigenvalue weighted by atomic mass is 9.85. The van der Waals surface area contributed by atoms with Crippen molar-refractivity contribution < 1.29 is 8.78 Å². The van der Waals surface area contributed by atoms with Crippen LogP contribution >= 0.6 is 0 Å². The van der Waals surface area contributed by atoms with E-state index < -0.39 is 17.8 Å². The summed E-state index contributed by atoms with van der Waals surface area (Å²) in [7, 11) is 0. The molecule has 0 aromatic rings. The summed E-state index contributed by atoms with van der Waals surface area (Å²) in [6.07, 6.45) is 2.20. The van der Waals surface area contributed by atoms with Crippen LogP contribution in [0.1, 0.15) is 26.7 Å². The van der Waals surface area contributed by atoms with Crippen molar-refractivity contribution in [2.24, 2.45) is 11.8 Å². The minimum atomic E-state index is -2.48. The SMILES string of the molecule is CC1CN(C2CCNCC2)CC(C)C1(F)F. The maximum absolute atomic E-state index is 13.7. The summed E-state index contributed by atoms with van der Waals surface area (Å²) < 4.78 is 27.4. The molecule has 2 nitrogen and oxygen atoms in total. The molecule has 0 amide bonds. The Morgan fingerprint density at radius 1 is 1.06 bits per heavy atom. The highest BCUT2D eigenvalue weighted by Crippen LogP contribution is 2.38. The van der Waals surface area contributed by atoms with Crippen LogP contribution in [0.3, 0.4) is 0 Å². The molecule has 0 aromatic carbocycles. The van der Waals surface area contributed by atoms with E-state index >= 15 is 0 Å². The summed E-state index contributed by atoms with van der Waals surface area (Å²) in [6, 6.07) is 0.516. The molecule has 2 fully saturated rings. The number of hydrogen-bond acceptors (Lipinski definition) is 2.